The average molecular weight is 416 g/mol. The first kappa shape index (κ1) is 20.9. The molecule has 7 nitrogen and oxygen atoms in total. The van der Waals surface area contributed by atoms with Crippen LogP contribution in [0.15, 0.2) is 53.4 Å². The molecule has 0 spiro atoms. The fourth-order valence-electron chi connectivity index (χ4n) is 3.54. The van der Waals surface area contributed by atoms with Gasteiger partial charge in [-0.3, -0.25) is 13.9 Å². The second-order valence-corrected chi connectivity index (χ2v) is 9.22. The number of aryl methyl sites for hydroxylation is 1. The molecule has 3 rings (SSSR count). The van der Waals surface area contributed by atoms with Crippen molar-refractivity contribution in [2.45, 2.75) is 24.7 Å². The molecule has 1 heterocycles. The Kier molecular flexibility index (Phi) is 5.93. The van der Waals surface area contributed by atoms with Crippen molar-refractivity contribution in [3.63, 3.8) is 0 Å². The van der Waals surface area contributed by atoms with Gasteiger partial charge in [0.1, 0.15) is 0 Å². The summed E-state index contributed by atoms with van der Waals surface area (Å²) >= 11 is 0. The van der Waals surface area contributed by atoms with Crippen LogP contribution >= 0.6 is 0 Å². The number of hydrogen-bond donors (Lipinski definition) is 1. The molecule has 2 aromatic rings. The third-order valence-corrected chi connectivity index (χ3v) is 7.15. The minimum atomic E-state index is -3.82. The Morgan fingerprint density at radius 2 is 1.72 bits per heavy atom. The summed E-state index contributed by atoms with van der Waals surface area (Å²) in [6, 6.07) is 13.3. The van der Waals surface area contributed by atoms with E-state index in [1.54, 1.807) is 29.2 Å². The number of amides is 2. The van der Waals surface area contributed by atoms with Crippen LogP contribution in [-0.2, 0) is 14.8 Å². The lowest BCUT2D eigenvalue weighted by atomic mass is 9.96. The standard InChI is InChI=1S/C21H25N3O4S/c1-15-6-3-4-9-19(15)23(2)29(27,28)18-8-5-7-17(14-18)21(26)24-12-10-16(11-13-24)20(22)25/h3-9,14,16H,10-13H2,1-2H3,(H2,22,25). The van der Waals surface area contributed by atoms with Crippen LogP contribution in [0.5, 0.6) is 0 Å². The summed E-state index contributed by atoms with van der Waals surface area (Å²) in [4.78, 5) is 25.9. The number of hydrogen-bond acceptors (Lipinski definition) is 4. The van der Waals surface area contributed by atoms with E-state index in [-0.39, 0.29) is 22.6 Å². The summed E-state index contributed by atoms with van der Waals surface area (Å²) < 4.78 is 27.4. The van der Waals surface area contributed by atoms with Gasteiger partial charge in [-0.25, -0.2) is 8.42 Å². The molecule has 0 unspecified atom stereocenters. The molecule has 1 fully saturated rings. The van der Waals surface area contributed by atoms with Crippen molar-refractivity contribution in [1.29, 1.82) is 0 Å². The number of benzene rings is 2. The number of likely N-dealkylation sites (tertiary alicyclic amines) is 1. The van der Waals surface area contributed by atoms with Gasteiger partial charge >= 0.3 is 0 Å². The number of carbonyl (C=O) groups excluding carboxylic acids is 2. The van der Waals surface area contributed by atoms with Crippen molar-refractivity contribution in [3.05, 3.63) is 59.7 Å². The van der Waals surface area contributed by atoms with Gasteiger partial charge in [0.15, 0.2) is 0 Å². The first-order valence-electron chi connectivity index (χ1n) is 9.45. The summed E-state index contributed by atoms with van der Waals surface area (Å²) in [5, 5.41) is 0. The summed E-state index contributed by atoms with van der Waals surface area (Å²) in [5.41, 5.74) is 7.07. The number of carbonyl (C=O) groups is 2. The van der Waals surface area contributed by atoms with Crippen LogP contribution in [0.1, 0.15) is 28.8 Å². The van der Waals surface area contributed by atoms with E-state index in [2.05, 4.69) is 0 Å². The van der Waals surface area contributed by atoms with E-state index in [4.69, 9.17) is 5.73 Å². The lowest BCUT2D eigenvalue weighted by Gasteiger charge is -2.30. The van der Waals surface area contributed by atoms with Gasteiger partial charge in [0.05, 0.1) is 10.6 Å². The van der Waals surface area contributed by atoms with Crippen LogP contribution in [0, 0.1) is 12.8 Å². The molecule has 8 heteroatoms. The number of nitrogens with zero attached hydrogens (tertiary/aromatic N) is 2. The molecule has 0 aliphatic carbocycles. The van der Waals surface area contributed by atoms with Crippen LogP contribution in [0.2, 0.25) is 0 Å². The van der Waals surface area contributed by atoms with E-state index in [1.807, 2.05) is 19.1 Å². The van der Waals surface area contributed by atoms with Crippen LogP contribution in [-0.4, -0.2) is 45.3 Å². The number of piperidine rings is 1. The van der Waals surface area contributed by atoms with E-state index in [0.29, 0.717) is 37.2 Å². The molecule has 2 aromatic carbocycles. The number of rotatable bonds is 5. The van der Waals surface area contributed by atoms with Gasteiger partial charge in [0.2, 0.25) is 5.91 Å². The molecule has 0 saturated carbocycles. The molecule has 1 saturated heterocycles. The Labute approximate surface area is 171 Å². The minimum absolute atomic E-state index is 0.0566. The zero-order valence-corrected chi connectivity index (χ0v) is 17.4. The molecule has 1 aliphatic rings. The molecular weight excluding hydrogens is 390 g/mol. The van der Waals surface area contributed by atoms with E-state index in [9.17, 15) is 18.0 Å². The molecule has 1 aliphatic heterocycles. The van der Waals surface area contributed by atoms with Gasteiger partial charge in [-0.15, -0.1) is 0 Å². The monoisotopic (exact) mass is 415 g/mol. The predicted molar refractivity (Wildman–Crippen MR) is 111 cm³/mol. The second kappa shape index (κ2) is 8.24. The molecule has 0 aromatic heterocycles. The molecule has 0 atom stereocenters. The molecular formula is C21H25N3O4S. The fraction of sp³-hybridized carbons (Fsp3) is 0.333. The Balaban J connectivity index is 1.83. The maximum absolute atomic E-state index is 13.1. The predicted octanol–water partition coefficient (Wildman–Crippen LogP) is 2.16. The minimum Gasteiger partial charge on any atom is -0.369 e. The highest BCUT2D eigenvalue weighted by Gasteiger charge is 2.28. The Morgan fingerprint density at radius 3 is 2.34 bits per heavy atom. The third kappa shape index (κ3) is 4.27. The number of para-hydroxylation sites is 1. The van der Waals surface area contributed by atoms with Gasteiger partial charge < -0.3 is 10.6 Å². The number of nitrogens with two attached hydrogens (primary N) is 1. The summed E-state index contributed by atoms with van der Waals surface area (Å²) in [5.74, 6) is -0.804. The van der Waals surface area contributed by atoms with E-state index in [0.717, 1.165) is 5.56 Å². The van der Waals surface area contributed by atoms with Gasteiger partial charge in [0, 0.05) is 31.6 Å². The number of primary amides is 1. The van der Waals surface area contributed by atoms with Crippen molar-refractivity contribution in [1.82, 2.24) is 4.90 Å². The highest BCUT2D eigenvalue weighted by Crippen LogP contribution is 2.26. The highest BCUT2D eigenvalue weighted by molar-refractivity contribution is 7.92. The summed E-state index contributed by atoms with van der Waals surface area (Å²) in [7, 11) is -2.32. The second-order valence-electron chi connectivity index (χ2n) is 7.26. The quantitative estimate of drug-likeness (QED) is 0.809. The summed E-state index contributed by atoms with van der Waals surface area (Å²) in [6.45, 7) is 2.69. The lowest BCUT2D eigenvalue weighted by Crippen LogP contribution is -2.41. The average Bonchev–Trinajstić information content (AvgIpc) is 2.73. The Bertz CT molecular complexity index is 1030. The van der Waals surface area contributed by atoms with E-state index < -0.39 is 10.0 Å². The Hall–Kier alpha value is -2.87. The summed E-state index contributed by atoms with van der Waals surface area (Å²) in [6.07, 6.45) is 1.05. The van der Waals surface area contributed by atoms with Crippen molar-refractivity contribution < 1.29 is 18.0 Å². The molecule has 29 heavy (non-hydrogen) atoms. The Morgan fingerprint density at radius 1 is 1.07 bits per heavy atom. The van der Waals surface area contributed by atoms with Crippen molar-refractivity contribution in [2.24, 2.45) is 11.7 Å². The first-order chi connectivity index (χ1) is 13.7. The largest absolute Gasteiger partial charge is 0.369 e. The topological polar surface area (TPSA) is 101 Å². The van der Waals surface area contributed by atoms with Gasteiger partial charge in [-0.1, -0.05) is 24.3 Å². The SMILES string of the molecule is Cc1ccccc1N(C)S(=O)(=O)c1cccc(C(=O)N2CCC(C(N)=O)CC2)c1. The highest BCUT2D eigenvalue weighted by atomic mass is 32.2. The third-order valence-electron chi connectivity index (χ3n) is 5.38. The molecule has 0 radical (unpaired) electrons. The normalized spacial score (nSPS) is 15.2. The van der Waals surface area contributed by atoms with Crippen molar-refractivity contribution in [2.75, 3.05) is 24.4 Å². The van der Waals surface area contributed by atoms with Crippen LogP contribution < -0.4 is 10.0 Å². The van der Waals surface area contributed by atoms with Crippen LogP contribution in [0.25, 0.3) is 0 Å². The lowest BCUT2D eigenvalue weighted by molar-refractivity contribution is -0.123. The molecule has 0 bridgehead atoms. The van der Waals surface area contributed by atoms with E-state index >= 15 is 0 Å². The van der Waals surface area contributed by atoms with Gasteiger partial charge in [0.25, 0.3) is 15.9 Å². The van der Waals surface area contributed by atoms with E-state index in [1.165, 1.54) is 23.5 Å². The first-order valence-corrected chi connectivity index (χ1v) is 10.9. The van der Waals surface area contributed by atoms with Crippen LogP contribution in [0.3, 0.4) is 0 Å². The molecule has 154 valence electrons. The smallest absolute Gasteiger partial charge is 0.264 e. The zero-order valence-electron chi connectivity index (χ0n) is 16.5. The number of anilines is 1. The van der Waals surface area contributed by atoms with Crippen LogP contribution in [0.4, 0.5) is 5.69 Å². The van der Waals surface area contributed by atoms with Crippen molar-refractivity contribution in [3.8, 4) is 0 Å². The maximum Gasteiger partial charge on any atom is 0.264 e. The van der Waals surface area contributed by atoms with Gasteiger partial charge in [-0.2, -0.15) is 0 Å². The maximum atomic E-state index is 13.1. The molecule has 2 amide bonds. The van der Waals surface area contributed by atoms with Gasteiger partial charge in [-0.05, 0) is 49.6 Å². The fourth-order valence-corrected chi connectivity index (χ4v) is 4.85. The molecule has 2 N–H and O–H groups in total. The number of sulfonamides is 1. The van der Waals surface area contributed by atoms with Crippen molar-refractivity contribution >= 4 is 27.5 Å². The zero-order chi connectivity index (χ0) is 21.2.